The molecule has 2 amide bonds. The molecular formula is C21H19ClN4O4S2. The lowest BCUT2D eigenvalue weighted by atomic mass is 10.3. The van der Waals surface area contributed by atoms with E-state index in [1.165, 1.54) is 23.5 Å². The predicted octanol–water partition coefficient (Wildman–Crippen LogP) is 3.99. The Morgan fingerprint density at radius 3 is 2.69 bits per heavy atom. The topological polar surface area (TPSA) is 113 Å². The van der Waals surface area contributed by atoms with E-state index >= 15 is 0 Å². The maximum absolute atomic E-state index is 12.2. The second kappa shape index (κ2) is 9.70. The standard InChI is InChI=1S/C21H19ClN4O4S2/c22-14-4-3-5-16(12-14)32(28,29)25-11-10-23-21(27)24-13-15-8-9-18(30-15)20-26-17-6-1-2-7-19(17)31-20/h1-9,12,25H,10-11,13H2,(H2,23,24,27). The zero-order chi connectivity index (χ0) is 22.6. The van der Waals surface area contributed by atoms with Crippen LogP contribution in [0, 0.1) is 0 Å². The van der Waals surface area contributed by atoms with Gasteiger partial charge in [0.1, 0.15) is 5.76 Å². The van der Waals surface area contributed by atoms with Crippen LogP contribution >= 0.6 is 22.9 Å². The molecule has 0 spiro atoms. The summed E-state index contributed by atoms with van der Waals surface area (Å²) in [4.78, 5) is 16.6. The number of amides is 2. The molecule has 4 aromatic rings. The molecule has 0 aliphatic carbocycles. The second-order valence-corrected chi connectivity index (χ2v) is 9.95. The summed E-state index contributed by atoms with van der Waals surface area (Å²) in [5.41, 5.74) is 0.911. The number of nitrogens with zero attached hydrogens (tertiary/aromatic N) is 1. The van der Waals surface area contributed by atoms with Gasteiger partial charge in [-0.25, -0.2) is 22.9 Å². The van der Waals surface area contributed by atoms with E-state index in [0.717, 1.165) is 15.2 Å². The van der Waals surface area contributed by atoms with E-state index in [-0.39, 0.29) is 24.5 Å². The Balaban J connectivity index is 1.22. The summed E-state index contributed by atoms with van der Waals surface area (Å²) in [6, 6.07) is 16.9. The number of hydrogen-bond donors (Lipinski definition) is 3. The first-order valence-electron chi connectivity index (χ1n) is 9.62. The van der Waals surface area contributed by atoms with Crippen LogP contribution in [-0.2, 0) is 16.6 Å². The molecule has 8 nitrogen and oxygen atoms in total. The number of rotatable bonds is 8. The zero-order valence-electron chi connectivity index (χ0n) is 16.7. The fourth-order valence-electron chi connectivity index (χ4n) is 2.87. The van der Waals surface area contributed by atoms with Gasteiger partial charge in [-0.05, 0) is 42.5 Å². The van der Waals surface area contributed by atoms with Crippen molar-refractivity contribution in [3.8, 4) is 10.8 Å². The van der Waals surface area contributed by atoms with Gasteiger partial charge in [-0.2, -0.15) is 0 Å². The summed E-state index contributed by atoms with van der Waals surface area (Å²) < 4.78 is 33.7. The maximum Gasteiger partial charge on any atom is 0.315 e. The van der Waals surface area contributed by atoms with Gasteiger partial charge in [0.15, 0.2) is 10.8 Å². The van der Waals surface area contributed by atoms with Crippen LogP contribution in [0.25, 0.3) is 21.0 Å². The SMILES string of the molecule is O=C(NCCNS(=O)(=O)c1cccc(Cl)c1)NCc1ccc(-c2nc3ccccc3s2)o1. The third-order valence-electron chi connectivity index (χ3n) is 4.40. The number of furan rings is 1. The van der Waals surface area contributed by atoms with E-state index in [1.807, 2.05) is 30.3 Å². The molecule has 0 aliphatic heterocycles. The number of aromatic nitrogens is 1. The molecule has 3 N–H and O–H groups in total. The van der Waals surface area contributed by atoms with Crippen LogP contribution < -0.4 is 15.4 Å². The summed E-state index contributed by atoms with van der Waals surface area (Å²) in [6.07, 6.45) is 0. The summed E-state index contributed by atoms with van der Waals surface area (Å²) in [5, 5.41) is 6.36. The summed E-state index contributed by atoms with van der Waals surface area (Å²) in [7, 11) is -3.70. The smallest absolute Gasteiger partial charge is 0.315 e. The van der Waals surface area contributed by atoms with Crippen molar-refractivity contribution < 1.29 is 17.6 Å². The number of hydrogen-bond acceptors (Lipinski definition) is 6. The summed E-state index contributed by atoms with van der Waals surface area (Å²) >= 11 is 7.36. The molecule has 0 aliphatic rings. The van der Waals surface area contributed by atoms with Gasteiger partial charge >= 0.3 is 6.03 Å². The van der Waals surface area contributed by atoms with Crippen molar-refractivity contribution in [2.75, 3.05) is 13.1 Å². The molecule has 0 saturated heterocycles. The monoisotopic (exact) mass is 490 g/mol. The number of carbonyl (C=O) groups excluding carboxylic acids is 1. The molecule has 11 heteroatoms. The van der Waals surface area contributed by atoms with E-state index in [1.54, 1.807) is 18.2 Å². The third kappa shape index (κ3) is 5.46. The van der Waals surface area contributed by atoms with Crippen molar-refractivity contribution in [3.63, 3.8) is 0 Å². The van der Waals surface area contributed by atoms with Crippen molar-refractivity contribution >= 4 is 49.2 Å². The molecule has 2 heterocycles. The predicted molar refractivity (Wildman–Crippen MR) is 124 cm³/mol. The van der Waals surface area contributed by atoms with Gasteiger partial charge in [0.05, 0.1) is 21.7 Å². The molecular weight excluding hydrogens is 472 g/mol. The van der Waals surface area contributed by atoms with Crippen molar-refractivity contribution in [2.24, 2.45) is 0 Å². The largest absolute Gasteiger partial charge is 0.457 e. The highest BCUT2D eigenvalue weighted by molar-refractivity contribution is 7.89. The lowest BCUT2D eigenvalue weighted by Crippen LogP contribution is -2.39. The molecule has 0 unspecified atom stereocenters. The minimum atomic E-state index is -3.70. The van der Waals surface area contributed by atoms with Gasteiger partial charge in [0, 0.05) is 18.1 Å². The van der Waals surface area contributed by atoms with Crippen molar-refractivity contribution in [3.05, 3.63) is 71.4 Å². The molecule has 0 saturated carbocycles. The average molecular weight is 491 g/mol. The van der Waals surface area contributed by atoms with Crippen LogP contribution in [0.4, 0.5) is 4.79 Å². The number of fused-ring (bicyclic) bond motifs is 1. The Kier molecular flexibility index (Phi) is 6.75. The number of halogens is 1. The normalized spacial score (nSPS) is 11.5. The van der Waals surface area contributed by atoms with E-state index in [9.17, 15) is 13.2 Å². The minimum Gasteiger partial charge on any atom is -0.457 e. The Bertz CT molecular complexity index is 1320. The number of benzene rings is 2. The molecule has 0 atom stereocenters. The molecule has 4 rings (SSSR count). The van der Waals surface area contributed by atoms with E-state index in [2.05, 4.69) is 20.3 Å². The highest BCUT2D eigenvalue weighted by atomic mass is 35.5. The van der Waals surface area contributed by atoms with Crippen LogP contribution in [0.15, 0.2) is 70.0 Å². The highest BCUT2D eigenvalue weighted by Gasteiger charge is 2.14. The molecule has 2 aromatic heterocycles. The molecule has 2 aromatic carbocycles. The number of thiazole rings is 1. The Morgan fingerprint density at radius 1 is 1.03 bits per heavy atom. The maximum atomic E-state index is 12.2. The van der Waals surface area contributed by atoms with Gasteiger partial charge in [-0.1, -0.05) is 29.8 Å². The first-order valence-corrected chi connectivity index (χ1v) is 12.3. The summed E-state index contributed by atoms with van der Waals surface area (Å²) in [5.74, 6) is 1.22. The molecule has 0 bridgehead atoms. The Labute approximate surface area is 193 Å². The van der Waals surface area contributed by atoms with Crippen LogP contribution in [0.2, 0.25) is 5.02 Å². The van der Waals surface area contributed by atoms with Crippen LogP contribution in [-0.4, -0.2) is 32.5 Å². The van der Waals surface area contributed by atoms with Crippen LogP contribution in [0.5, 0.6) is 0 Å². The van der Waals surface area contributed by atoms with Gasteiger partial charge in [0.2, 0.25) is 10.0 Å². The lowest BCUT2D eigenvalue weighted by Gasteiger charge is -2.09. The zero-order valence-corrected chi connectivity index (χ0v) is 19.1. The third-order valence-corrected chi connectivity index (χ3v) is 7.14. The summed E-state index contributed by atoms with van der Waals surface area (Å²) in [6.45, 7) is 0.330. The quantitative estimate of drug-likeness (QED) is 0.323. The first-order chi connectivity index (χ1) is 15.4. The van der Waals surface area contributed by atoms with Gasteiger partial charge < -0.3 is 15.1 Å². The molecule has 166 valence electrons. The van der Waals surface area contributed by atoms with Crippen molar-refractivity contribution in [1.29, 1.82) is 0 Å². The molecule has 0 radical (unpaired) electrons. The van der Waals surface area contributed by atoms with Crippen LogP contribution in [0.3, 0.4) is 0 Å². The first kappa shape index (κ1) is 22.3. The fraction of sp³-hybridized carbons (Fsp3) is 0.143. The minimum absolute atomic E-state index is 0.0325. The van der Waals surface area contributed by atoms with Gasteiger partial charge in [0.25, 0.3) is 0 Å². The van der Waals surface area contributed by atoms with E-state index < -0.39 is 16.1 Å². The number of carbonyl (C=O) groups is 1. The fourth-order valence-corrected chi connectivity index (χ4v) is 5.13. The number of nitrogens with one attached hydrogen (secondary N) is 3. The van der Waals surface area contributed by atoms with Crippen LogP contribution in [0.1, 0.15) is 5.76 Å². The second-order valence-electron chi connectivity index (χ2n) is 6.72. The molecule has 32 heavy (non-hydrogen) atoms. The average Bonchev–Trinajstić information content (AvgIpc) is 3.42. The van der Waals surface area contributed by atoms with Gasteiger partial charge in [-0.15, -0.1) is 11.3 Å². The molecule has 0 fully saturated rings. The Morgan fingerprint density at radius 2 is 1.88 bits per heavy atom. The highest BCUT2D eigenvalue weighted by Crippen LogP contribution is 2.31. The number of urea groups is 1. The van der Waals surface area contributed by atoms with E-state index in [0.29, 0.717) is 16.5 Å². The van der Waals surface area contributed by atoms with Gasteiger partial charge in [-0.3, -0.25) is 0 Å². The van der Waals surface area contributed by atoms with Crippen molar-refractivity contribution in [2.45, 2.75) is 11.4 Å². The number of sulfonamides is 1. The van der Waals surface area contributed by atoms with Crippen molar-refractivity contribution in [1.82, 2.24) is 20.3 Å². The Hall–Kier alpha value is -2.92. The lowest BCUT2D eigenvalue weighted by molar-refractivity contribution is 0.239. The van der Waals surface area contributed by atoms with E-state index in [4.69, 9.17) is 16.0 Å². The number of para-hydroxylation sites is 1.